The molecule has 0 aliphatic carbocycles. The number of aryl methyl sites for hydroxylation is 1. The molecule has 2 heterocycles. The fourth-order valence-electron chi connectivity index (χ4n) is 2.97. The number of rotatable bonds is 5. The molecular formula is C17H20N2O3S2. The van der Waals surface area contributed by atoms with Crippen LogP contribution in [0.5, 0.6) is 0 Å². The van der Waals surface area contributed by atoms with Crippen LogP contribution in [0.1, 0.15) is 22.7 Å². The summed E-state index contributed by atoms with van der Waals surface area (Å²) >= 11 is 1.52. The molecule has 1 fully saturated rings. The fraction of sp³-hybridized carbons (Fsp3) is 0.412. The summed E-state index contributed by atoms with van der Waals surface area (Å²) in [4.78, 5) is 18.9. The minimum atomic E-state index is -3.04. The van der Waals surface area contributed by atoms with E-state index >= 15 is 0 Å². The summed E-state index contributed by atoms with van der Waals surface area (Å²) < 4.78 is 23.7. The van der Waals surface area contributed by atoms with Crippen molar-refractivity contribution in [3.05, 3.63) is 52.0 Å². The Labute approximate surface area is 146 Å². The summed E-state index contributed by atoms with van der Waals surface area (Å²) in [6, 6.07) is 9.43. The molecule has 1 amide bonds. The molecule has 0 unspecified atom stereocenters. The highest BCUT2D eigenvalue weighted by molar-refractivity contribution is 7.91. The molecule has 0 radical (unpaired) electrons. The molecule has 1 atom stereocenters. The standard InChI is InChI=1S/C17H20N2O3S2/c1-13-18-15(11-23-13)9-17(20)19(10-14-5-3-2-4-6-14)16-7-8-24(21,22)12-16/h2-6,11,16H,7-10,12H2,1H3/t16-/m1/s1. The smallest absolute Gasteiger partial charge is 0.229 e. The summed E-state index contributed by atoms with van der Waals surface area (Å²) in [6.07, 6.45) is 0.727. The van der Waals surface area contributed by atoms with Crippen LogP contribution in [0.4, 0.5) is 0 Å². The van der Waals surface area contributed by atoms with Crippen LogP contribution < -0.4 is 0 Å². The van der Waals surface area contributed by atoms with Crippen LogP contribution in [0.2, 0.25) is 0 Å². The average Bonchev–Trinajstić information content (AvgIpc) is 3.11. The zero-order chi connectivity index (χ0) is 17.2. The number of sulfone groups is 1. The first-order valence-electron chi connectivity index (χ1n) is 7.88. The molecule has 7 heteroatoms. The van der Waals surface area contributed by atoms with Crippen molar-refractivity contribution in [2.45, 2.75) is 32.4 Å². The van der Waals surface area contributed by atoms with Gasteiger partial charge in [0, 0.05) is 18.0 Å². The van der Waals surface area contributed by atoms with Gasteiger partial charge in [0.05, 0.1) is 28.6 Å². The molecule has 1 aromatic carbocycles. The second kappa shape index (κ2) is 7.03. The molecule has 1 saturated heterocycles. The van der Waals surface area contributed by atoms with Crippen molar-refractivity contribution in [2.24, 2.45) is 0 Å². The number of hydrogen-bond donors (Lipinski definition) is 0. The predicted octanol–water partition coefficient (Wildman–Crippen LogP) is 2.21. The van der Waals surface area contributed by atoms with E-state index in [4.69, 9.17) is 0 Å². The van der Waals surface area contributed by atoms with Gasteiger partial charge in [-0.3, -0.25) is 4.79 Å². The molecule has 0 bridgehead atoms. The normalized spacial score (nSPS) is 19.3. The van der Waals surface area contributed by atoms with Gasteiger partial charge in [-0.2, -0.15) is 0 Å². The Morgan fingerprint density at radius 1 is 1.33 bits per heavy atom. The highest BCUT2D eigenvalue weighted by atomic mass is 32.2. The first kappa shape index (κ1) is 17.1. The Bertz CT molecular complexity index is 815. The first-order chi connectivity index (χ1) is 11.4. The van der Waals surface area contributed by atoms with Crippen LogP contribution >= 0.6 is 11.3 Å². The van der Waals surface area contributed by atoms with Crippen molar-refractivity contribution in [1.29, 1.82) is 0 Å². The van der Waals surface area contributed by atoms with E-state index in [1.54, 1.807) is 4.90 Å². The largest absolute Gasteiger partial charge is 0.334 e. The SMILES string of the molecule is Cc1nc(CC(=O)N(Cc2ccccc2)[C@@H]2CCS(=O)(=O)C2)cs1. The maximum absolute atomic E-state index is 12.8. The van der Waals surface area contributed by atoms with Gasteiger partial charge < -0.3 is 4.90 Å². The van der Waals surface area contributed by atoms with Crippen molar-refractivity contribution >= 4 is 27.1 Å². The highest BCUT2D eigenvalue weighted by Gasteiger charge is 2.34. The summed E-state index contributed by atoms with van der Waals surface area (Å²) in [7, 11) is -3.04. The molecule has 24 heavy (non-hydrogen) atoms. The van der Waals surface area contributed by atoms with E-state index in [0.29, 0.717) is 13.0 Å². The number of carbonyl (C=O) groups is 1. The number of amides is 1. The van der Waals surface area contributed by atoms with E-state index in [-0.39, 0.29) is 29.9 Å². The monoisotopic (exact) mass is 364 g/mol. The predicted molar refractivity (Wildman–Crippen MR) is 94.6 cm³/mol. The second-order valence-electron chi connectivity index (χ2n) is 6.10. The lowest BCUT2D eigenvalue weighted by Crippen LogP contribution is -2.41. The Hall–Kier alpha value is -1.73. The zero-order valence-electron chi connectivity index (χ0n) is 13.5. The molecule has 0 N–H and O–H groups in total. The van der Waals surface area contributed by atoms with Gasteiger partial charge >= 0.3 is 0 Å². The van der Waals surface area contributed by atoms with Crippen LogP contribution in [0.25, 0.3) is 0 Å². The molecule has 128 valence electrons. The number of nitrogens with zero attached hydrogens (tertiary/aromatic N) is 2. The van der Waals surface area contributed by atoms with Crippen molar-refractivity contribution in [3.8, 4) is 0 Å². The summed E-state index contributed by atoms with van der Waals surface area (Å²) in [5.74, 6) is 0.152. The van der Waals surface area contributed by atoms with Gasteiger partial charge in [-0.05, 0) is 18.9 Å². The molecule has 0 saturated carbocycles. The lowest BCUT2D eigenvalue weighted by atomic mass is 10.1. The van der Waals surface area contributed by atoms with Crippen LogP contribution in [0, 0.1) is 6.92 Å². The third-order valence-corrected chi connectivity index (χ3v) is 6.74. The molecule has 0 spiro atoms. The van der Waals surface area contributed by atoms with E-state index in [0.717, 1.165) is 16.3 Å². The Balaban J connectivity index is 1.79. The summed E-state index contributed by atoms with van der Waals surface area (Å²) in [5, 5.41) is 2.81. The van der Waals surface area contributed by atoms with Crippen molar-refractivity contribution in [1.82, 2.24) is 9.88 Å². The van der Waals surface area contributed by atoms with Gasteiger partial charge in [-0.25, -0.2) is 13.4 Å². The van der Waals surface area contributed by atoms with Gasteiger partial charge in [0.2, 0.25) is 5.91 Å². The third kappa shape index (κ3) is 4.21. The number of thiazole rings is 1. The van der Waals surface area contributed by atoms with E-state index < -0.39 is 9.84 Å². The Morgan fingerprint density at radius 3 is 2.67 bits per heavy atom. The van der Waals surface area contributed by atoms with Gasteiger partial charge in [-0.1, -0.05) is 30.3 Å². The van der Waals surface area contributed by atoms with Gasteiger partial charge in [-0.15, -0.1) is 11.3 Å². The zero-order valence-corrected chi connectivity index (χ0v) is 15.1. The fourth-order valence-corrected chi connectivity index (χ4v) is 5.31. The minimum absolute atomic E-state index is 0.0572. The third-order valence-electron chi connectivity index (χ3n) is 4.16. The van der Waals surface area contributed by atoms with Gasteiger partial charge in [0.1, 0.15) is 0 Å². The van der Waals surface area contributed by atoms with Gasteiger partial charge in [0.15, 0.2) is 9.84 Å². The first-order valence-corrected chi connectivity index (χ1v) is 10.6. The molecule has 1 aliphatic heterocycles. The molecule has 1 aromatic heterocycles. The average molecular weight is 364 g/mol. The van der Waals surface area contributed by atoms with E-state index in [9.17, 15) is 13.2 Å². The lowest BCUT2D eigenvalue weighted by Gasteiger charge is -2.28. The highest BCUT2D eigenvalue weighted by Crippen LogP contribution is 2.21. The quantitative estimate of drug-likeness (QED) is 0.816. The maximum Gasteiger partial charge on any atom is 0.229 e. The van der Waals surface area contributed by atoms with E-state index in [1.165, 1.54) is 11.3 Å². The topological polar surface area (TPSA) is 67.3 Å². The van der Waals surface area contributed by atoms with Crippen LogP contribution in [0.3, 0.4) is 0 Å². The van der Waals surface area contributed by atoms with Crippen LogP contribution in [-0.4, -0.2) is 41.8 Å². The second-order valence-corrected chi connectivity index (χ2v) is 9.39. The minimum Gasteiger partial charge on any atom is -0.334 e. The van der Waals surface area contributed by atoms with Crippen LogP contribution in [0.15, 0.2) is 35.7 Å². The molecule has 3 rings (SSSR count). The molecular weight excluding hydrogens is 344 g/mol. The molecule has 2 aromatic rings. The van der Waals surface area contributed by atoms with Gasteiger partial charge in [0.25, 0.3) is 0 Å². The van der Waals surface area contributed by atoms with Crippen molar-refractivity contribution in [3.63, 3.8) is 0 Å². The molecule has 5 nitrogen and oxygen atoms in total. The van der Waals surface area contributed by atoms with E-state index in [2.05, 4.69) is 4.98 Å². The van der Waals surface area contributed by atoms with E-state index in [1.807, 2.05) is 42.6 Å². The van der Waals surface area contributed by atoms with Crippen molar-refractivity contribution < 1.29 is 13.2 Å². The van der Waals surface area contributed by atoms with Crippen molar-refractivity contribution in [2.75, 3.05) is 11.5 Å². The number of hydrogen-bond acceptors (Lipinski definition) is 5. The van der Waals surface area contributed by atoms with Crippen LogP contribution in [-0.2, 0) is 27.6 Å². The summed E-state index contributed by atoms with van der Waals surface area (Å²) in [5.41, 5.74) is 1.76. The Kier molecular flexibility index (Phi) is 5.01. The summed E-state index contributed by atoms with van der Waals surface area (Å²) in [6.45, 7) is 2.34. The lowest BCUT2D eigenvalue weighted by molar-refractivity contribution is -0.133. The number of carbonyl (C=O) groups excluding carboxylic acids is 1. The Morgan fingerprint density at radius 2 is 2.08 bits per heavy atom. The maximum atomic E-state index is 12.8. The molecule has 1 aliphatic rings. The number of benzene rings is 1. The number of aromatic nitrogens is 1.